The predicted octanol–water partition coefficient (Wildman–Crippen LogP) is 3.79. The second-order valence-corrected chi connectivity index (χ2v) is 8.59. The molecular weight excluding hydrogens is 392 g/mol. The topological polar surface area (TPSA) is 71.0 Å². The monoisotopic (exact) mass is 424 g/mol. The summed E-state index contributed by atoms with van der Waals surface area (Å²) in [5.41, 5.74) is 3.42. The minimum absolute atomic E-state index is 0.00988. The maximum absolute atomic E-state index is 13.3. The van der Waals surface area contributed by atoms with Crippen molar-refractivity contribution in [2.24, 2.45) is 0 Å². The van der Waals surface area contributed by atoms with Crippen molar-refractivity contribution in [3.8, 4) is 17.2 Å². The summed E-state index contributed by atoms with van der Waals surface area (Å²) in [7, 11) is 3.05. The average molecular weight is 425 g/mol. The van der Waals surface area contributed by atoms with E-state index in [2.05, 4.69) is 22.3 Å². The van der Waals surface area contributed by atoms with Gasteiger partial charge in [0.2, 0.25) is 11.7 Å². The Morgan fingerprint density at radius 2 is 1.71 bits per heavy atom. The first-order chi connectivity index (χ1) is 15.1. The molecule has 2 aromatic rings. The first-order valence-electron chi connectivity index (χ1n) is 11.1. The van der Waals surface area contributed by atoms with Gasteiger partial charge in [0.15, 0.2) is 11.5 Å². The van der Waals surface area contributed by atoms with Gasteiger partial charge in [-0.2, -0.15) is 0 Å². The van der Waals surface area contributed by atoms with E-state index in [1.807, 2.05) is 24.3 Å². The Morgan fingerprint density at radius 3 is 2.35 bits per heavy atom. The minimum Gasteiger partial charge on any atom is -0.502 e. The van der Waals surface area contributed by atoms with Gasteiger partial charge in [0.1, 0.15) is 0 Å². The number of amides is 1. The molecule has 1 aliphatic carbocycles. The van der Waals surface area contributed by atoms with Gasteiger partial charge in [0.05, 0.1) is 20.3 Å². The van der Waals surface area contributed by atoms with E-state index in [4.69, 9.17) is 9.47 Å². The summed E-state index contributed by atoms with van der Waals surface area (Å²) in [4.78, 5) is 15.5. The van der Waals surface area contributed by atoms with Crippen molar-refractivity contribution in [1.29, 1.82) is 0 Å². The van der Waals surface area contributed by atoms with Crippen LogP contribution in [-0.2, 0) is 24.3 Å². The van der Waals surface area contributed by atoms with Crippen LogP contribution in [0.5, 0.6) is 17.2 Å². The molecule has 6 heteroatoms. The highest BCUT2D eigenvalue weighted by Crippen LogP contribution is 2.38. The number of rotatable bonds is 6. The Bertz CT molecular complexity index is 898. The van der Waals surface area contributed by atoms with Gasteiger partial charge in [0, 0.05) is 19.1 Å². The number of nitrogens with zero attached hydrogens (tertiary/aromatic N) is 1. The quantitative estimate of drug-likeness (QED) is 0.738. The molecule has 0 saturated heterocycles. The molecule has 1 saturated carbocycles. The van der Waals surface area contributed by atoms with Gasteiger partial charge in [0.25, 0.3) is 0 Å². The lowest BCUT2D eigenvalue weighted by atomic mass is 9.91. The number of methoxy groups -OCH3 is 2. The van der Waals surface area contributed by atoms with Gasteiger partial charge in [-0.3, -0.25) is 9.69 Å². The number of hydrogen-bond donors (Lipinski definition) is 2. The van der Waals surface area contributed by atoms with Crippen LogP contribution in [0.2, 0.25) is 0 Å². The third kappa shape index (κ3) is 4.79. The number of hydrogen-bond acceptors (Lipinski definition) is 5. The molecule has 1 unspecified atom stereocenters. The standard InChI is InChI=1S/C25H32N2O4/c1-30-22-12-17(13-23(31-2)24(22)28)15-27-16-19-9-7-6-8-18(19)14-21(27)25(29)26-20-10-4-3-5-11-20/h6-9,12-13,20-21,28H,3-5,10-11,14-16H2,1-2H3,(H,26,29). The molecule has 1 aliphatic heterocycles. The zero-order valence-corrected chi connectivity index (χ0v) is 18.4. The minimum atomic E-state index is -0.234. The van der Waals surface area contributed by atoms with Crippen molar-refractivity contribution < 1.29 is 19.4 Å². The molecule has 6 nitrogen and oxygen atoms in total. The first-order valence-corrected chi connectivity index (χ1v) is 11.1. The number of carbonyl (C=O) groups excluding carboxylic acids is 1. The number of phenolic OH excluding ortho intramolecular Hbond substituents is 1. The van der Waals surface area contributed by atoms with E-state index in [-0.39, 0.29) is 23.7 Å². The maximum Gasteiger partial charge on any atom is 0.237 e. The Morgan fingerprint density at radius 1 is 1.06 bits per heavy atom. The molecule has 2 N–H and O–H groups in total. The van der Waals surface area contributed by atoms with E-state index in [0.29, 0.717) is 31.0 Å². The third-order valence-electron chi connectivity index (χ3n) is 6.53. The highest BCUT2D eigenvalue weighted by molar-refractivity contribution is 5.82. The largest absolute Gasteiger partial charge is 0.502 e. The Kier molecular flexibility index (Phi) is 6.66. The molecule has 1 amide bonds. The van der Waals surface area contributed by atoms with Crippen molar-refractivity contribution in [3.05, 3.63) is 53.1 Å². The zero-order chi connectivity index (χ0) is 21.8. The molecule has 0 spiro atoms. The van der Waals surface area contributed by atoms with Crippen LogP contribution in [0.25, 0.3) is 0 Å². The van der Waals surface area contributed by atoms with Crippen LogP contribution in [0.15, 0.2) is 36.4 Å². The fourth-order valence-corrected chi connectivity index (χ4v) is 4.82. The van der Waals surface area contributed by atoms with Crippen molar-refractivity contribution in [1.82, 2.24) is 10.2 Å². The van der Waals surface area contributed by atoms with Crippen LogP contribution in [0, 0.1) is 0 Å². The maximum atomic E-state index is 13.3. The lowest BCUT2D eigenvalue weighted by Crippen LogP contribution is -2.52. The van der Waals surface area contributed by atoms with Gasteiger partial charge in [-0.25, -0.2) is 0 Å². The van der Waals surface area contributed by atoms with Crippen molar-refractivity contribution in [2.75, 3.05) is 14.2 Å². The molecule has 0 radical (unpaired) electrons. The number of fused-ring (bicyclic) bond motifs is 1. The fourth-order valence-electron chi connectivity index (χ4n) is 4.82. The number of nitrogens with one attached hydrogen (secondary N) is 1. The number of aromatic hydroxyl groups is 1. The summed E-state index contributed by atoms with van der Waals surface area (Å²) in [6.45, 7) is 1.26. The van der Waals surface area contributed by atoms with Gasteiger partial charge in [-0.1, -0.05) is 43.5 Å². The SMILES string of the molecule is COc1cc(CN2Cc3ccccc3CC2C(=O)NC2CCCCC2)cc(OC)c1O. The Balaban J connectivity index is 1.59. The molecule has 166 valence electrons. The van der Waals surface area contributed by atoms with Crippen LogP contribution in [-0.4, -0.2) is 42.2 Å². The van der Waals surface area contributed by atoms with Crippen molar-refractivity contribution in [3.63, 3.8) is 0 Å². The molecular formula is C25H32N2O4. The summed E-state index contributed by atoms with van der Waals surface area (Å²) in [5.74, 6) is 0.841. The molecule has 2 aliphatic rings. The van der Waals surface area contributed by atoms with E-state index < -0.39 is 0 Å². The van der Waals surface area contributed by atoms with Crippen LogP contribution < -0.4 is 14.8 Å². The van der Waals surface area contributed by atoms with E-state index in [1.54, 1.807) is 0 Å². The van der Waals surface area contributed by atoms with E-state index in [1.165, 1.54) is 44.6 Å². The van der Waals surface area contributed by atoms with Crippen molar-refractivity contribution >= 4 is 5.91 Å². The smallest absolute Gasteiger partial charge is 0.237 e. The molecule has 1 heterocycles. The Hall–Kier alpha value is -2.73. The lowest BCUT2D eigenvalue weighted by molar-refractivity contribution is -0.128. The molecule has 31 heavy (non-hydrogen) atoms. The Labute approximate surface area is 184 Å². The van der Waals surface area contributed by atoms with Gasteiger partial charge in [-0.05, 0) is 48.1 Å². The highest BCUT2D eigenvalue weighted by Gasteiger charge is 2.33. The molecule has 1 fully saturated rings. The normalized spacial score (nSPS) is 19.5. The number of ether oxygens (including phenoxy) is 2. The number of phenols is 1. The summed E-state index contributed by atoms with van der Waals surface area (Å²) in [6.07, 6.45) is 6.48. The van der Waals surface area contributed by atoms with Gasteiger partial charge >= 0.3 is 0 Å². The summed E-state index contributed by atoms with van der Waals surface area (Å²) >= 11 is 0. The highest BCUT2D eigenvalue weighted by atomic mass is 16.5. The van der Waals surface area contributed by atoms with Crippen LogP contribution in [0.3, 0.4) is 0 Å². The molecule has 0 aromatic heterocycles. The second-order valence-electron chi connectivity index (χ2n) is 8.59. The predicted molar refractivity (Wildman–Crippen MR) is 119 cm³/mol. The second kappa shape index (κ2) is 9.60. The summed E-state index contributed by atoms with van der Waals surface area (Å²) in [5, 5.41) is 13.6. The lowest BCUT2D eigenvalue weighted by Gasteiger charge is -2.37. The van der Waals surface area contributed by atoms with Crippen LogP contribution in [0.1, 0.15) is 48.8 Å². The fraction of sp³-hybridized carbons (Fsp3) is 0.480. The number of carbonyl (C=O) groups is 1. The van der Waals surface area contributed by atoms with Crippen molar-refractivity contribution in [2.45, 2.75) is 63.7 Å². The molecule has 1 atom stereocenters. The van der Waals surface area contributed by atoms with E-state index in [0.717, 1.165) is 18.4 Å². The summed E-state index contributed by atoms with van der Waals surface area (Å²) < 4.78 is 10.6. The summed E-state index contributed by atoms with van der Waals surface area (Å²) in [6, 6.07) is 12.0. The van der Waals surface area contributed by atoms with Crippen LogP contribution in [0.4, 0.5) is 0 Å². The molecule has 0 bridgehead atoms. The van der Waals surface area contributed by atoms with E-state index >= 15 is 0 Å². The molecule has 4 rings (SSSR count). The van der Waals surface area contributed by atoms with Gasteiger partial charge < -0.3 is 19.9 Å². The molecule has 2 aromatic carbocycles. The number of benzene rings is 2. The van der Waals surface area contributed by atoms with E-state index in [9.17, 15) is 9.90 Å². The zero-order valence-electron chi connectivity index (χ0n) is 18.4. The first kappa shape index (κ1) is 21.5. The average Bonchev–Trinajstić information content (AvgIpc) is 2.80. The van der Waals surface area contributed by atoms with Crippen LogP contribution >= 0.6 is 0 Å². The third-order valence-corrected chi connectivity index (χ3v) is 6.53. The van der Waals surface area contributed by atoms with Gasteiger partial charge in [-0.15, -0.1) is 0 Å².